The Morgan fingerprint density at radius 1 is 1.19 bits per heavy atom. The van der Waals surface area contributed by atoms with E-state index in [4.69, 9.17) is 11.6 Å². The van der Waals surface area contributed by atoms with Crippen molar-refractivity contribution in [1.29, 1.82) is 0 Å². The first-order chi connectivity index (χ1) is 10.3. The fourth-order valence-electron chi connectivity index (χ4n) is 2.65. The van der Waals surface area contributed by atoms with Crippen LogP contribution in [-0.4, -0.2) is 10.6 Å². The van der Waals surface area contributed by atoms with Crippen molar-refractivity contribution in [1.82, 2.24) is 9.88 Å². The first-order valence-electron chi connectivity index (χ1n) is 7.33. The molecule has 0 saturated heterocycles. The molecule has 1 aromatic carbocycles. The minimum Gasteiger partial charge on any atom is -0.342 e. The normalized spacial score (nSPS) is 14.9. The van der Waals surface area contributed by atoms with Crippen molar-refractivity contribution in [2.45, 2.75) is 32.0 Å². The summed E-state index contributed by atoms with van der Waals surface area (Å²) in [6.07, 6.45) is 4.83. The van der Waals surface area contributed by atoms with E-state index in [2.05, 4.69) is 46.4 Å². The average molecular weight is 317 g/mol. The lowest BCUT2D eigenvalue weighted by Gasteiger charge is -2.06. The molecule has 0 radical (unpaired) electrons. The second-order valence-electron chi connectivity index (χ2n) is 5.70. The van der Waals surface area contributed by atoms with E-state index in [9.17, 15) is 0 Å². The zero-order valence-electron chi connectivity index (χ0n) is 11.7. The van der Waals surface area contributed by atoms with Gasteiger partial charge >= 0.3 is 0 Å². The fourth-order valence-corrected chi connectivity index (χ4v) is 3.74. The average Bonchev–Trinajstić information content (AvgIpc) is 3.11. The topological polar surface area (TPSA) is 17.0 Å². The van der Waals surface area contributed by atoms with E-state index in [-0.39, 0.29) is 0 Å². The van der Waals surface area contributed by atoms with Crippen LogP contribution in [-0.2, 0) is 13.1 Å². The summed E-state index contributed by atoms with van der Waals surface area (Å²) < 4.78 is 3.14. The molecule has 0 spiro atoms. The first kappa shape index (κ1) is 13.4. The molecule has 1 aliphatic carbocycles. The summed E-state index contributed by atoms with van der Waals surface area (Å²) in [4.78, 5) is 1.29. The Labute approximate surface area is 133 Å². The predicted molar refractivity (Wildman–Crippen MR) is 90.2 cm³/mol. The number of nitrogens with zero attached hydrogens (tertiary/aromatic N) is 1. The Kier molecular flexibility index (Phi) is 3.49. The highest BCUT2D eigenvalue weighted by Crippen LogP contribution is 2.25. The summed E-state index contributed by atoms with van der Waals surface area (Å²) in [6, 6.07) is 13.8. The van der Waals surface area contributed by atoms with Crippen LogP contribution in [0.2, 0.25) is 4.34 Å². The Hall–Kier alpha value is -1.29. The van der Waals surface area contributed by atoms with E-state index in [1.54, 1.807) is 11.3 Å². The van der Waals surface area contributed by atoms with Gasteiger partial charge < -0.3 is 9.88 Å². The van der Waals surface area contributed by atoms with E-state index >= 15 is 0 Å². The van der Waals surface area contributed by atoms with Crippen molar-refractivity contribution in [3.8, 4) is 0 Å². The zero-order chi connectivity index (χ0) is 14.2. The number of aromatic nitrogens is 1. The first-order valence-corrected chi connectivity index (χ1v) is 8.53. The van der Waals surface area contributed by atoms with Crippen LogP contribution in [0.15, 0.2) is 42.6 Å². The van der Waals surface area contributed by atoms with Crippen LogP contribution in [0, 0.1) is 0 Å². The highest BCUT2D eigenvalue weighted by Gasteiger charge is 2.19. The monoisotopic (exact) mass is 316 g/mol. The van der Waals surface area contributed by atoms with E-state index < -0.39 is 0 Å². The smallest absolute Gasteiger partial charge is 0.0931 e. The number of halogens is 1. The van der Waals surface area contributed by atoms with E-state index in [0.29, 0.717) is 0 Å². The largest absolute Gasteiger partial charge is 0.342 e. The molecule has 4 rings (SSSR count). The minimum absolute atomic E-state index is 0.758. The molecule has 1 saturated carbocycles. The molecule has 1 fully saturated rings. The molecule has 3 aromatic rings. The second-order valence-corrected chi connectivity index (χ2v) is 7.50. The van der Waals surface area contributed by atoms with Crippen molar-refractivity contribution in [2.75, 3.05) is 0 Å². The van der Waals surface area contributed by atoms with Crippen LogP contribution < -0.4 is 5.32 Å². The minimum atomic E-state index is 0.758. The number of hydrogen-bond acceptors (Lipinski definition) is 2. The fraction of sp³-hybridized carbons (Fsp3) is 0.294. The van der Waals surface area contributed by atoms with Gasteiger partial charge in [-0.05, 0) is 54.1 Å². The predicted octanol–water partition coefficient (Wildman–Crippen LogP) is 4.66. The van der Waals surface area contributed by atoms with E-state index in [0.717, 1.165) is 23.5 Å². The third-order valence-corrected chi connectivity index (χ3v) is 5.18. The van der Waals surface area contributed by atoms with Crippen LogP contribution in [0.25, 0.3) is 10.9 Å². The van der Waals surface area contributed by atoms with Gasteiger partial charge in [0.25, 0.3) is 0 Å². The number of thiophene rings is 1. The molecular formula is C17H17ClN2S. The Bertz CT molecular complexity index is 770. The zero-order valence-corrected chi connectivity index (χ0v) is 13.3. The maximum absolute atomic E-state index is 6.01. The molecule has 0 unspecified atom stereocenters. The summed E-state index contributed by atoms with van der Waals surface area (Å²) in [5.74, 6) is 0. The second kappa shape index (κ2) is 5.48. The van der Waals surface area contributed by atoms with Crippen molar-refractivity contribution < 1.29 is 0 Å². The summed E-state index contributed by atoms with van der Waals surface area (Å²) >= 11 is 7.66. The van der Waals surface area contributed by atoms with Gasteiger partial charge in [0, 0.05) is 29.2 Å². The lowest BCUT2D eigenvalue weighted by atomic mass is 10.1. The Morgan fingerprint density at radius 2 is 2.10 bits per heavy atom. The van der Waals surface area contributed by atoms with Crippen LogP contribution in [0.3, 0.4) is 0 Å². The van der Waals surface area contributed by atoms with Crippen LogP contribution in [0.5, 0.6) is 0 Å². The summed E-state index contributed by atoms with van der Waals surface area (Å²) in [5.41, 5.74) is 2.65. The molecule has 2 aromatic heterocycles. The molecule has 21 heavy (non-hydrogen) atoms. The summed E-state index contributed by atoms with van der Waals surface area (Å²) in [6.45, 7) is 1.87. The van der Waals surface area contributed by atoms with Crippen molar-refractivity contribution in [2.24, 2.45) is 0 Å². The van der Waals surface area contributed by atoms with Gasteiger partial charge in [0.1, 0.15) is 0 Å². The quantitative estimate of drug-likeness (QED) is 0.724. The van der Waals surface area contributed by atoms with Crippen LogP contribution >= 0.6 is 22.9 Å². The van der Waals surface area contributed by atoms with E-state index in [1.807, 2.05) is 6.07 Å². The molecule has 0 aliphatic heterocycles. The van der Waals surface area contributed by atoms with Gasteiger partial charge in [-0.25, -0.2) is 0 Å². The van der Waals surface area contributed by atoms with Crippen molar-refractivity contribution >= 4 is 33.8 Å². The van der Waals surface area contributed by atoms with Gasteiger partial charge in [0.2, 0.25) is 0 Å². The third-order valence-electron chi connectivity index (χ3n) is 3.96. The lowest BCUT2D eigenvalue weighted by Crippen LogP contribution is -2.15. The maximum atomic E-state index is 6.01. The lowest BCUT2D eigenvalue weighted by molar-refractivity contribution is 0.688. The molecule has 0 bridgehead atoms. The number of rotatable bonds is 5. The SMILES string of the molecule is Clc1ccc(Cn2ccc3cc(CNC4CC4)ccc32)s1. The van der Waals surface area contributed by atoms with Crippen LogP contribution in [0.1, 0.15) is 23.3 Å². The molecule has 2 nitrogen and oxygen atoms in total. The van der Waals surface area contributed by atoms with Crippen molar-refractivity contribution in [3.63, 3.8) is 0 Å². The highest BCUT2D eigenvalue weighted by molar-refractivity contribution is 7.16. The van der Waals surface area contributed by atoms with Gasteiger partial charge in [-0.15, -0.1) is 11.3 Å². The van der Waals surface area contributed by atoms with Gasteiger partial charge in [-0.1, -0.05) is 17.7 Å². The number of hydrogen-bond donors (Lipinski definition) is 1. The number of fused-ring (bicyclic) bond motifs is 1. The Morgan fingerprint density at radius 3 is 2.86 bits per heavy atom. The van der Waals surface area contributed by atoms with Gasteiger partial charge in [-0.2, -0.15) is 0 Å². The molecule has 1 N–H and O–H groups in total. The van der Waals surface area contributed by atoms with Gasteiger partial charge in [-0.3, -0.25) is 0 Å². The molecule has 108 valence electrons. The standard InChI is InChI=1S/C17H17ClN2S/c18-17-6-4-15(21-17)11-20-8-7-13-9-12(1-5-16(13)20)10-19-14-2-3-14/h1,4-9,14,19H,2-3,10-11H2. The van der Waals surface area contributed by atoms with Gasteiger partial charge in [0.15, 0.2) is 0 Å². The molecular weight excluding hydrogens is 300 g/mol. The van der Waals surface area contributed by atoms with Crippen LogP contribution in [0.4, 0.5) is 0 Å². The highest BCUT2D eigenvalue weighted by atomic mass is 35.5. The van der Waals surface area contributed by atoms with E-state index in [1.165, 1.54) is 34.2 Å². The molecule has 0 atom stereocenters. The summed E-state index contributed by atoms with van der Waals surface area (Å²) in [7, 11) is 0. The Balaban J connectivity index is 1.56. The number of nitrogens with one attached hydrogen (secondary N) is 1. The van der Waals surface area contributed by atoms with Gasteiger partial charge in [0.05, 0.1) is 10.9 Å². The molecule has 1 aliphatic rings. The molecule has 4 heteroatoms. The molecule has 2 heterocycles. The third kappa shape index (κ3) is 3.00. The van der Waals surface area contributed by atoms with Crippen molar-refractivity contribution in [3.05, 3.63) is 57.4 Å². The maximum Gasteiger partial charge on any atom is 0.0931 e. The summed E-state index contributed by atoms with van der Waals surface area (Å²) in [5, 5.41) is 4.88. The number of benzene rings is 1. The molecule has 0 amide bonds.